The van der Waals surface area contributed by atoms with Crippen LogP contribution in [0.5, 0.6) is 0 Å². The molecule has 5 nitrogen and oxygen atoms in total. The summed E-state index contributed by atoms with van der Waals surface area (Å²) in [6.45, 7) is 3.78. The highest BCUT2D eigenvalue weighted by molar-refractivity contribution is 5.80. The van der Waals surface area contributed by atoms with Crippen molar-refractivity contribution in [2.24, 2.45) is 23.2 Å². The van der Waals surface area contributed by atoms with Crippen LogP contribution in [0.2, 0.25) is 0 Å². The minimum absolute atomic E-state index is 0.0195. The SMILES string of the molecule is COC(=O)C1(C)CCN(C(=O)NCC(C2CC2)C2CC2)C1. The zero-order valence-corrected chi connectivity index (χ0v) is 13.1. The van der Waals surface area contributed by atoms with E-state index in [1.807, 2.05) is 6.92 Å². The van der Waals surface area contributed by atoms with E-state index < -0.39 is 5.41 Å². The number of likely N-dealkylation sites (tertiary alicyclic amines) is 1. The molecule has 1 atom stereocenters. The number of rotatable bonds is 5. The van der Waals surface area contributed by atoms with Gasteiger partial charge in [-0.1, -0.05) is 0 Å². The molecule has 2 aliphatic carbocycles. The van der Waals surface area contributed by atoms with Gasteiger partial charge in [-0.2, -0.15) is 0 Å². The third kappa shape index (κ3) is 3.16. The van der Waals surface area contributed by atoms with Crippen LogP contribution in [0.15, 0.2) is 0 Å². The number of hydrogen-bond acceptors (Lipinski definition) is 3. The summed E-state index contributed by atoms with van der Waals surface area (Å²) in [6.07, 6.45) is 6.02. The maximum absolute atomic E-state index is 12.3. The molecule has 2 saturated carbocycles. The Morgan fingerprint density at radius 3 is 2.43 bits per heavy atom. The highest BCUT2D eigenvalue weighted by atomic mass is 16.5. The van der Waals surface area contributed by atoms with Crippen molar-refractivity contribution in [2.75, 3.05) is 26.7 Å². The number of carbonyl (C=O) groups is 2. The molecule has 1 aliphatic heterocycles. The van der Waals surface area contributed by atoms with Crippen molar-refractivity contribution in [2.45, 2.75) is 39.0 Å². The Bertz CT molecular complexity index is 419. The van der Waals surface area contributed by atoms with Gasteiger partial charge in [0.1, 0.15) is 0 Å². The first-order chi connectivity index (χ1) is 10.0. The van der Waals surface area contributed by atoms with Crippen molar-refractivity contribution in [3.8, 4) is 0 Å². The van der Waals surface area contributed by atoms with Crippen LogP contribution < -0.4 is 5.32 Å². The number of amides is 2. The monoisotopic (exact) mass is 294 g/mol. The van der Waals surface area contributed by atoms with Crippen LogP contribution in [-0.2, 0) is 9.53 Å². The maximum Gasteiger partial charge on any atom is 0.317 e. The molecule has 1 heterocycles. The minimum Gasteiger partial charge on any atom is -0.469 e. The average Bonchev–Trinajstić information content (AvgIpc) is 3.38. The number of urea groups is 1. The van der Waals surface area contributed by atoms with Gasteiger partial charge >= 0.3 is 12.0 Å². The molecular formula is C16H26N2O3. The smallest absolute Gasteiger partial charge is 0.317 e. The first-order valence-corrected chi connectivity index (χ1v) is 8.15. The zero-order valence-electron chi connectivity index (χ0n) is 13.1. The summed E-state index contributed by atoms with van der Waals surface area (Å²) in [5, 5.41) is 3.10. The molecule has 1 N–H and O–H groups in total. The molecule has 1 saturated heterocycles. The Hall–Kier alpha value is -1.26. The third-order valence-corrected chi connectivity index (χ3v) is 5.38. The second-order valence-electron chi connectivity index (χ2n) is 7.25. The number of nitrogens with one attached hydrogen (secondary N) is 1. The van der Waals surface area contributed by atoms with Crippen LogP contribution >= 0.6 is 0 Å². The van der Waals surface area contributed by atoms with Crippen LogP contribution in [0.3, 0.4) is 0 Å². The first kappa shape index (κ1) is 14.7. The lowest BCUT2D eigenvalue weighted by atomic mass is 9.90. The van der Waals surface area contributed by atoms with Gasteiger partial charge < -0.3 is 15.0 Å². The van der Waals surface area contributed by atoms with E-state index in [2.05, 4.69) is 5.32 Å². The van der Waals surface area contributed by atoms with Gasteiger partial charge in [0.15, 0.2) is 0 Å². The Morgan fingerprint density at radius 1 is 1.29 bits per heavy atom. The molecule has 1 unspecified atom stereocenters. The Kier molecular flexibility index (Phi) is 3.84. The number of ether oxygens (including phenoxy) is 1. The van der Waals surface area contributed by atoms with E-state index in [0.29, 0.717) is 25.4 Å². The largest absolute Gasteiger partial charge is 0.469 e. The molecule has 0 radical (unpaired) electrons. The summed E-state index contributed by atoms with van der Waals surface area (Å²) < 4.78 is 4.85. The Balaban J connectivity index is 1.48. The molecule has 5 heteroatoms. The number of nitrogens with zero attached hydrogens (tertiary/aromatic N) is 1. The summed E-state index contributed by atoms with van der Waals surface area (Å²) in [5.41, 5.74) is -0.543. The van der Waals surface area contributed by atoms with Gasteiger partial charge in [-0.05, 0) is 56.8 Å². The van der Waals surface area contributed by atoms with Crippen LogP contribution in [0.25, 0.3) is 0 Å². The topological polar surface area (TPSA) is 58.6 Å². The minimum atomic E-state index is -0.543. The van der Waals surface area contributed by atoms with E-state index in [-0.39, 0.29) is 12.0 Å². The maximum atomic E-state index is 12.3. The predicted molar refractivity (Wildman–Crippen MR) is 78.6 cm³/mol. The van der Waals surface area contributed by atoms with E-state index in [1.54, 1.807) is 4.90 Å². The lowest BCUT2D eigenvalue weighted by Crippen LogP contribution is -2.43. The van der Waals surface area contributed by atoms with Crippen molar-refractivity contribution in [1.82, 2.24) is 10.2 Å². The fourth-order valence-electron chi connectivity index (χ4n) is 3.63. The van der Waals surface area contributed by atoms with Gasteiger partial charge in [-0.15, -0.1) is 0 Å². The van der Waals surface area contributed by atoms with Gasteiger partial charge in [0, 0.05) is 19.6 Å². The third-order valence-electron chi connectivity index (χ3n) is 5.38. The normalized spacial score (nSPS) is 28.8. The fraction of sp³-hybridized carbons (Fsp3) is 0.875. The summed E-state index contributed by atoms with van der Waals surface area (Å²) in [6, 6.07) is -0.0195. The number of methoxy groups -OCH3 is 1. The van der Waals surface area contributed by atoms with Gasteiger partial charge in [-0.25, -0.2) is 4.79 Å². The second kappa shape index (κ2) is 5.50. The molecule has 0 bridgehead atoms. The summed E-state index contributed by atoms with van der Waals surface area (Å²) in [7, 11) is 1.41. The summed E-state index contributed by atoms with van der Waals surface area (Å²) in [5.74, 6) is 2.16. The summed E-state index contributed by atoms with van der Waals surface area (Å²) >= 11 is 0. The van der Waals surface area contributed by atoms with E-state index in [1.165, 1.54) is 32.8 Å². The molecule has 3 aliphatic rings. The highest BCUT2D eigenvalue weighted by Gasteiger charge is 2.44. The fourth-order valence-corrected chi connectivity index (χ4v) is 3.63. The molecule has 0 aromatic rings. The second-order valence-corrected chi connectivity index (χ2v) is 7.25. The van der Waals surface area contributed by atoms with Crippen molar-refractivity contribution in [3.63, 3.8) is 0 Å². The number of hydrogen-bond donors (Lipinski definition) is 1. The molecular weight excluding hydrogens is 268 g/mol. The number of carbonyl (C=O) groups excluding carboxylic acids is 2. The van der Waals surface area contributed by atoms with Crippen molar-refractivity contribution < 1.29 is 14.3 Å². The van der Waals surface area contributed by atoms with E-state index in [4.69, 9.17) is 4.74 Å². The highest BCUT2D eigenvalue weighted by Crippen LogP contribution is 2.48. The number of esters is 1. The predicted octanol–water partition coefficient (Wildman–Crippen LogP) is 2.02. The van der Waals surface area contributed by atoms with Gasteiger partial charge in [0.2, 0.25) is 0 Å². The van der Waals surface area contributed by atoms with Gasteiger partial charge in [-0.3, -0.25) is 4.79 Å². The van der Waals surface area contributed by atoms with E-state index >= 15 is 0 Å². The molecule has 0 aromatic carbocycles. The van der Waals surface area contributed by atoms with Crippen LogP contribution in [0.1, 0.15) is 39.0 Å². The van der Waals surface area contributed by atoms with Crippen LogP contribution in [0, 0.1) is 23.2 Å². The molecule has 2 amide bonds. The quantitative estimate of drug-likeness (QED) is 0.789. The molecule has 118 valence electrons. The molecule has 0 aromatic heterocycles. The molecule has 3 rings (SSSR count). The first-order valence-electron chi connectivity index (χ1n) is 8.15. The zero-order chi connectivity index (χ0) is 15.0. The molecule has 3 fully saturated rings. The molecule has 0 spiro atoms. The van der Waals surface area contributed by atoms with Crippen molar-refractivity contribution in [1.29, 1.82) is 0 Å². The van der Waals surface area contributed by atoms with Crippen molar-refractivity contribution in [3.05, 3.63) is 0 Å². The van der Waals surface area contributed by atoms with Gasteiger partial charge in [0.25, 0.3) is 0 Å². The Morgan fingerprint density at radius 2 is 1.90 bits per heavy atom. The average molecular weight is 294 g/mol. The molecule has 21 heavy (non-hydrogen) atoms. The lowest BCUT2D eigenvalue weighted by Gasteiger charge is -2.23. The summed E-state index contributed by atoms with van der Waals surface area (Å²) in [4.78, 5) is 25.8. The standard InChI is InChI=1S/C16H26N2O3/c1-16(14(19)21-2)7-8-18(10-16)15(20)17-9-13(11-3-4-11)12-5-6-12/h11-13H,3-10H2,1-2H3,(H,17,20). The lowest BCUT2D eigenvalue weighted by molar-refractivity contribution is -0.150. The van der Waals surface area contributed by atoms with E-state index in [0.717, 1.165) is 18.4 Å². The van der Waals surface area contributed by atoms with Crippen molar-refractivity contribution >= 4 is 12.0 Å². The Labute approximate surface area is 126 Å². The van der Waals surface area contributed by atoms with E-state index in [9.17, 15) is 9.59 Å². The van der Waals surface area contributed by atoms with Gasteiger partial charge in [0.05, 0.1) is 12.5 Å². The van der Waals surface area contributed by atoms with Crippen LogP contribution in [0.4, 0.5) is 4.79 Å². The van der Waals surface area contributed by atoms with Crippen LogP contribution in [-0.4, -0.2) is 43.6 Å².